The Morgan fingerprint density at radius 2 is 2.09 bits per heavy atom. The van der Waals surface area contributed by atoms with Gasteiger partial charge in [-0.3, -0.25) is 9.69 Å². The first kappa shape index (κ1) is 8.53. The van der Waals surface area contributed by atoms with Gasteiger partial charge in [-0.25, -0.2) is 0 Å². The van der Waals surface area contributed by atoms with E-state index in [1.807, 2.05) is 11.9 Å². The number of esters is 1. The van der Waals surface area contributed by atoms with Crippen molar-refractivity contribution in [3.05, 3.63) is 0 Å². The molecule has 1 heterocycles. The zero-order valence-electron chi connectivity index (χ0n) is 7.50. The van der Waals surface area contributed by atoms with Crippen LogP contribution in [0.15, 0.2) is 0 Å². The molecule has 1 aliphatic heterocycles. The van der Waals surface area contributed by atoms with E-state index in [0.29, 0.717) is 12.0 Å². The van der Waals surface area contributed by atoms with Crippen molar-refractivity contribution in [3.8, 4) is 0 Å². The van der Waals surface area contributed by atoms with E-state index in [1.165, 1.54) is 7.11 Å². The SMILES string of the molecule is COC(=O)[C@H]1[C@H](C(C)C)N1C. The van der Waals surface area contributed by atoms with Gasteiger partial charge in [0.2, 0.25) is 0 Å². The minimum Gasteiger partial charge on any atom is -0.468 e. The maximum absolute atomic E-state index is 11.0. The third-order valence-corrected chi connectivity index (χ3v) is 2.27. The highest BCUT2D eigenvalue weighted by Crippen LogP contribution is 2.32. The van der Waals surface area contributed by atoms with Crippen LogP contribution >= 0.6 is 0 Å². The summed E-state index contributed by atoms with van der Waals surface area (Å²) in [5, 5.41) is 0. The summed E-state index contributed by atoms with van der Waals surface area (Å²) in [5.74, 6) is 0.426. The molecule has 0 bridgehead atoms. The maximum atomic E-state index is 11.0. The molecule has 0 aromatic heterocycles. The Morgan fingerprint density at radius 3 is 2.36 bits per heavy atom. The van der Waals surface area contributed by atoms with Gasteiger partial charge < -0.3 is 4.74 Å². The van der Waals surface area contributed by atoms with Crippen molar-refractivity contribution in [1.29, 1.82) is 0 Å². The molecule has 1 fully saturated rings. The van der Waals surface area contributed by atoms with Crippen LogP contribution in [0.3, 0.4) is 0 Å². The molecule has 3 atom stereocenters. The molecule has 0 N–H and O–H groups in total. The molecule has 0 amide bonds. The third-order valence-electron chi connectivity index (χ3n) is 2.27. The molecular formula is C8H15NO2. The van der Waals surface area contributed by atoms with E-state index in [9.17, 15) is 4.79 Å². The normalized spacial score (nSPS) is 35.5. The minimum absolute atomic E-state index is 0.0139. The molecule has 0 aliphatic carbocycles. The van der Waals surface area contributed by atoms with Crippen LogP contribution in [0, 0.1) is 5.92 Å². The molecule has 1 unspecified atom stereocenters. The number of carbonyl (C=O) groups excluding carboxylic acids is 1. The van der Waals surface area contributed by atoms with E-state index in [1.54, 1.807) is 0 Å². The molecule has 1 saturated heterocycles. The van der Waals surface area contributed by atoms with Gasteiger partial charge in [0.1, 0.15) is 6.04 Å². The number of hydrogen-bond donors (Lipinski definition) is 0. The Morgan fingerprint density at radius 1 is 1.55 bits per heavy atom. The van der Waals surface area contributed by atoms with Gasteiger partial charge in [-0.2, -0.15) is 0 Å². The van der Waals surface area contributed by atoms with E-state index in [-0.39, 0.29) is 12.0 Å². The van der Waals surface area contributed by atoms with Gasteiger partial charge in [0.25, 0.3) is 0 Å². The second-order valence-electron chi connectivity index (χ2n) is 3.37. The third kappa shape index (κ3) is 1.38. The first-order valence-corrected chi connectivity index (χ1v) is 3.89. The molecule has 0 spiro atoms. The molecule has 0 saturated carbocycles. The Balaban J connectivity index is 2.47. The number of methoxy groups -OCH3 is 1. The van der Waals surface area contributed by atoms with Crippen LogP contribution < -0.4 is 0 Å². The highest BCUT2D eigenvalue weighted by molar-refractivity contribution is 5.80. The van der Waals surface area contributed by atoms with E-state index in [0.717, 1.165) is 0 Å². The van der Waals surface area contributed by atoms with E-state index in [4.69, 9.17) is 0 Å². The van der Waals surface area contributed by atoms with Crippen LogP contribution in [0.5, 0.6) is 0 Å². The second-order valence-corrected chi connectivity index (χ2v) is 3.37. The van der Waals surface area contributed by atoms with Gasteiger partial charge in [0, 0.05) is 6.04 Å². The molecule has 0 radical (unpaired) electrons. The molecular weight excluding hydrogens is 142 g/mol. The van der Waals surface area contributed by atoms with Crippen molar-refractivity contribution in [3.63, 3.8) is 0 Å². The van der Waals surface area contributed by atoms with Gasteiger partial charge in [-0.1, -0.05) is 13.8 Å². The van der Waals surface area contributed by atoms with Crippen molar-refractivity contribution < 1.29 is 9.53 Å². The summed E-state index contributed by atoms with van der Waals surface area (Å²) < 4.78 is 4.64. The molecule has 3 heteroatoms. The number of likely N-dealkylation sites (N-methyl/N-ethyl adjacent to an activating group) is 1. The van der Waals surface area contributed by atoms with Crippen LogP contribution in [-0.4, -0.2) is 37.1 Å². The largest absolute Gasteiger partial charge is 0.468 e. The van der Waals surface area contributed by atoms with Gasteiger partial charge >= 0.3 is 5.97 Å². The zero-order chi connectivity index (χ0) is 8.59. The number of ether oxygens (including phenoxy) is 1. The Hall–Kier alpha value is -0.570. The fourth-order valence-corrected chi connectivity index (χ4v) is 1.62. The lowest BCUT2D eigenvalue weighted by Gasteiger charge is -1.98. The smallest absolute Gasteiger partial charge is 0.324 e. The monoisotopic (exact) mass is 157 g/mol. The Labute approximate surface area is 67.3 Å². The fourth-order valence-electron chi connectivity index (χ4n) is 1.62. The molecule has 11 heavy (non-hydrogen) atoms. The summed E-state index contributed by atoms with van der Waals surface area (Å²) in [5.41, 5.74) is 0. The highest BCUT2D eigenvalue weighted by Gasteiger charge is 2.51. The molecule has 1 rings (SSSR count). The van der Waals surface area contributed by atoms with Crippen molar-refractivity contribution in [2.24, 2.45) is 5.92 Å². The van der Waals surface area contributed by atoms with E-state index >= 15 is 0 Å². The van der Waals surface area contributed by atoms with Crippen molar-refractivity contribution >= 4 is 5.97 Å². The van der Waals surface area contributed by atoms with E-state index < -0.39 is 0 Å². The number of carbonyl (C=O) groups is 1. The molecule has 1 aliphatic rings. The Bertz CT molecular complexity index is 167. The lowest BCUT2D eigenvalue weighted by atomic mass is 10.1. The standard InChI is InChI=1S/C8H15NO2/c1-5(2)6-7(9(6)3)8(10)11-4/h5-7H,1-4H3/t6-,7+,9?/m0/s1. The zero-order valence-corrected chi connectivity index (χ0v) is 7.50. The fraction of sp³-hybridized carbons (Fsp3) is 0.875. The van der Waals surface area contributed by atoms with Crippen molar-refractivity contribution in [2.45, 2.75) is 25.9 Å². The van der Waals surface area contributed by atoms with Gasteiger partial charge in [-0.15, -0.1) is 0 Å². The first-order valence-electron chi connectivity index (χ1n) is 3.89. The van der Waals surface area contributed by atoms with Crippen molar-refractivity contribution in [2.75, 3.05) is 14.2 Å². The molecule has 64 valence electrons. The molecule has 0 aromatic rings. The average molecular weight is 157 g/mol. The minimum atomic E-state index is -0.105. The average Bonchev–Trinajstić information content (AvgIpc) is 2.60. The van der Waals surface area contributed by atoms with Crippen LogP contribution in [0.2, 0.25) is 0 Å². The van der Waals surface area contributed by atoms with Crippen LogP contribution in [-0.2, 0) is 9.53 Å². The second kappa shape index (κ2) is 2.81. The summed E-state index contributed by atoms with van der Waals surface area (Å²) in [6.07, 6.45) is 0. The van der Waals surface area contributed by atoms with E-state index in [2.05, 4.69) is 18.6 Å². The lowest BCUT2D eigenvalue weighted by Crippen LogP contribution is -2.14. The number of hydrogen-bond acceptors (Lipinski definition) is 3. The number of rotatable bonds is 2. The van der Waals surface area contributed by atoms with Crippen LogP contribution in [0.4, 0.5) is 0 Å². The van der Waals surface area contributed by atoms with Gasteiger partial charge in [0.15, 0.2) is 0 Å². The lowest BCUT2D eigenvalue weighted by molar-refractivity contribution is -0.140. The topological polar surface area (TPSA) is 29.3 Å². The summed E-state index contributed by atoms with van der Waals surface area (Å²) in [7, 11) is 3.39. The highest BCUT2D eigenvalue weighted by atomic mass is 16.5. The summed E-state index contributed by atoms with van der Waals surface area (Å²) in [4.78, 5) is 13.1. The predicted octanol–water partition coefficient (Wildman–Crippen LogP) is 0.498. The maximum Gasteiger partial charge on any atom is 0.324 e. The quantitative estimate of drug-likeness (QED) is 0.432. The molecule has 3 nitrogen and oxygen atoms in total. The van der Waals surface area contributed by atoms with Gasteiger partial charge in [0.05, 0.1) is 7.11 Å². The first-order chi connectivity index (χ1) is 5.09. The summed E-state index contributed by atoms with van der Waals surface area (Å²) >= 11 is 0. The summed E-state index contributed by atoms with van der Waals surface area (Å²) in [6, 6.07) is 0.405. The summed E-state index contributed by atoms with van der Waals surface area (Å²) in [6.45, 7) is 4.23. The Kier molecular flexibility index (Phi) is 2.18. The van der Waals surface area contributed by atoms with Gasteiger partial charge in [-0.05, 0) is 13.0 Å². The van der Waals surface area contributed by atoms with Crippen molar-refractivity contribution in [1.82, 2.24) is 4.90 Å². The van der Waals surface area contributed by atoms with Crippen LogP contribution in [0.25, 0.3) is 0 Å². The molecule has 0 aromatic carbocycles. The predicted molar refractivity (Wildman–Crippen MR) is 42.2 cm³/mol. The van der Waals surface area contributed by atoms with Crippen LogP contribution in [0.1, 0.15) is 13.8 Å². The number of nitrogens with zero attached hydrogens (tertiary/aromatic N) is 1.